The number of nitrogens with two attached hydrogens (primary N) is 1. The standard InChI is InChI=1S/C12H24N2/c1-2-9-14-10-6-11(13)12(14)7-4-3-5-8-12/h11H,2-10,13H2,1H3. The fraction of sp³-hybridized carbons (Fsp3) is 1.00. The third kappa shape index (κ3) is 1.59. The molecule has 1 spiro atoms. The first-order chi connectivity index (χ1) is 6.79. The van der Waals surface area contributed by atoms with E-state index in [-0.39, 0.29) is 0 Å². The fourth-order valence-electron chi connectivity index (χ4n) is 3.48. The maximum atomic E-state index is 6.32. The van der Waals surface area contributed by atoms with Gasteiger partial charge in [0.15, 0.2) is 0 Å². The molecule has 0 bridgehead atoms. The van der Waals surface area contributed by atoms with Crippen LogP contribution in [0.1, 0.15) is 51.9 Å². The van der Waals surface area contributed by atoms with Crippen LogP contribution in [0.5, 0.6) is 0 Å². The molecule has 1 aliphatic heterocycles. The molecule has 82 valence electrons. The van der Waals surface area contributed by atoms with Crippen LogP contribution in [0.2, 0.25) is 0 Å². The maximum absolute atomic E-state index is 6.32. The van der Waals surface area contributed by atoms with Crippen molar-refractivity contribution in [1.82, 2.24) is 4.90 Å². The zero-order valence-corrected chi connectivity index (χ0v) is 9.47. The summed E-state index contributed by atoms with van der Waals surface area (Å²) in [5.41, 5.74) is 6.73. The summed E-state index contributed by atoms with van der Waals surface area (Å²) in [5.74, 6) is 0. The van der Waals surface area contributed by atoms with Gasteiger partial charge in [-0.15, -0.1) is 0 Å². The largest absolute Gasteiger partial charge is 0.326 e. The van der Waals surface area contributed by atoms with Gasteiger partial charge >= 0.3 is 0 Å². The molecule has 1 saturated carbocycles. The summed E-state index contributed by atoms with van der Waals surface area (Å²) in [6, 6.07) is 0.453. The van der Waals surface area contributed by atoms with E-state index >= 15 is 0 Å². The third-order valence-corrected chi connectivity index (χ3v) is 4.24. The molecule has 1 heterocycles. The molecule has 2 aliphatic rings. The Labute approximate surface area is 87.8 Å². The number of nitrogens with zero attached hydrogens (tertiary/aromatic N) is 1. The summed E-state index contributed by atoms with van der Waals surface area (Å²) in [6.07, 6.45) is 9.42. The molecule has 1 unspecified atom stereocenters. The highest BCUT2D eigenvalue weighted by molar-refractivity contribution is 5.05. The second-order valence-corrected chi connectivity index (χ2v) is 5.05. The van der Waals surface area contributed by atoms with Gasteiger partial charge in [-0.05, 0) is 32.2 Å². The molecule has 2 N–H and O–H groups in total. The van der Waals surface area contributed by atoms with Gasteiger partial charge in [0.25, 0.3) is 0 Å². The Kier molecular flexibility index (Phi) is 3.13. The first-order valence-electron chi connectivity index (χ1n) is 6.30. The van der Waals surface area contributed by atoms with Crippen molar-refractivity contribution in [2.24, 2.45) is 5.73 Å². The van der Waals surface area contributed by atoms with Crippen molar-refractivity contribution < 1.29 is 0 Å². The molecule has 0 radical (unpaired) electrons. The Hall–Kier alpha value is -0.0800. The van der Waals surface area contributed by atoms with Crippen molar-refractivity contribution in [2.75, 3.05) is 13.1 Å². The number of likely N-dealkylation sites (tertiary alicyclic amines) is 1. The van der Waals surface area contributed by atoms with E-state index in [1.54, 1.807) is 0 Å². The van der Waals surface area contributed by atoms with Gasteiger partial charge in [0.05, 0.1) is 0 Å². The molecular formula is C12H24N2. The predicted octanol–water partition coefficient (Wildman–Crippen LogP) is 2.13. The first kappa shape index (κ1) is 10.4. The van der Waals surface area contributed by atoms with Gasteiger partial charge in [-0.2, -0.15) is 0 Å². The summed E-state index contributed by atoms with van der Waals surface area (Å²) in [6.45, 7) is 4.78. The van der Waals surface area contributed by atoms with E-state index in [1.807, 2.05) is 0 Å². The van der Waals surface area contributed by atoms with Crippen LogP contribution in [0.4, 0.5) is 0 Å². The van der Waals surface area contributed by atoms with E-state index < -0.39 is 0 Å². The van der Waals surface area contributed by atoms with E-state index in [2.05, 4.69) is 11.8 Å². The summed E-state index contributed by atoms with van der Waals surface area (Å²) in [5, 5.41) is 0. The lowest BCUT2D eigenvalue weighted by Crippen LogP contribution is -2.54. The predicted molar refractivity (Wildman–Crippen MR) is 60.3 cm³/mol. The SMILES string of the molecule is CCCN1CCC(N)C12CCCCC2. The fourth-order valence-corrected chi connectivity index (χ4v) is 3.48. The van der Waals surface area contributed by atoms with Crippen molar-refractivity contribution in [3.05, 3.63) is 0 Å². The Morgan fingerprint density at radius 3 is 2.64 bits per heavy atom. The molecule has 0 aromatic heterocycles. The zero-order chi connectivity index (χ0) is 10.0. The van der Waals surface area contributed by atoms with E-state index in [0.29, 0.717) is 11.6 Å². The second kappa shape index (κ2) is 4.19. The monoisotopic (exact) mass is 196 g/mol. The van der Waals surface area contributed by atoms with Gasteiger partial charge in [0.2, 0.25) is 0 Å². The van der Waals surface area contributed by atoms with Gasteiger partial charge in [-0.1, -0.05) is 26.2 Å². The Morgan fingerprint density at radius 1 is 1.29 bits per heavy atom. The van der Waals surface area contributed by atoms with Crippen LogP contribution in [0, 0.1) is 0 Å². The molecule has 0 aromatic carbocycles. The number of hydrogen-bond acceptors (Lipinski definition) is 2. The minimum atomic E-state index is 0.411. The summed E-state index contributed by atoms with van der Waals surface area (Å²) < 4.78 is 0. The van der Waals surface area contributed by atoms with Crippen molar-refractivity contribution in [2.45, 2.75) is 63.5 Å². The smallest absolute Gasteiger partial charge is 0.0360 e. The lowest BCUT2D eigenvalue weighted by atomic mass is 9.77. The van der Waals surface area contributed by atoms with Crippen LogP contribution in [0.15, 0.2) is 0 Å². The third-order valence-electron chi connectivity index (χ3n) is 4.24. The molecule has 1 atom stereocenters. The molecule has 2 fully saturated rings. The van der Waals surface area contributed by atoms with Gasteiger partial charge < -0.3 is 5.73 Å². The van der Waals surface area contributed by atoms with Crippen molar-refractivity contribution in [3.8, 4) is 0 Å². The average Bonchev–Trinajstić information content (AvgIpc) is 2.49. The van der Waals surface area contributed by atoms with Crippen LogP contribution in [-0.2, 0) is 0 Å². The molecule has 2 heteroatoms. The first-order valence-corrected chi connectivity index (χ1v) is 6.30. The normalized spacial score (nSPS) is 32.6. The van der Waals surface area contributed by atoms with E-state index in [9.17, 15) is 0 Å². The summed E-state index contributed by atoms with van der Waals surface area (Å²) in [4.78, 5) is 2.69. The molecular weight excluding hydrogens is 172 g/mol. The number of hydrogen-bond donors (Lipinski definition) is 1. The van der Waals surface area contributed by atoms with Crippen LogP contribution in [0.25, 0.3) is 0 Å². The molecule has 1 aliphatic carbocycles. The molecule has 2 nitrogen and oxygen atoms in total. The van der Waals surface area contributed by atoms with Crippen LogP contribution >= 0.6 is 0 Å². The molecule has 0 aromatic rings. The van der Waals surface area contributed by atoms with Gasteiger partial charge in [0, 0.05) is 18.1 Å². The highest BCUT2D eigenvalue weighted by Gasteiger charge is 2.46. The topological polar surface area (TPSA) is 29.3 Å². The van der Waals surface area contributed by atoms with E-state index in [1.165, 1.54) is 58.0 Å². The molecule has 2 rings (SSSR count). The Bertz CT molecular complexity index is 183. The van der Waals surface area contributed by atoms with Crippen LogP contribution < -0.4 is 5.73 Å². The van der Waals surface area contributed by atoms with Crippen molar-refractivity contribution in [3.63, 3.8) is 0 Å². The van der Waals surface area contributed by atoms with E-state index in [0.717, 1.165) is 0 Å². The Balaban J connectivity index is 2.09. The van der Waals surface area contributed by atoms with Gasteiger partial charge in [-0.3, -0.25) is 4.90 Å². The van der Waals surface area contributed by atoms with Crippen molar-refractivity contribution >= 4 is 0 Å². The highest BCUT2D eigenvalue weighted by atomic mass is 15.2. The molecule has 1 saturated heterocycles. The maximum Gasteiger partial charge on any atom is 0.0360 e. The minimum Gasteiger partial charge on any atom is -0.326 e. The average molecular weight is 196 g/mol. The quantitative estimate of drug-likeness (QED) is 0.733. The van der Waals surface area contributed by atoms with Gasteiger partial charge in [0.1, 0.15) is 0 Å². The molecule has 0 amide bonds. The lowest BCUT2D eigenvalue weighted by molar-refractivity contribution is 0.0812. The van der Waals surface area contributed by atoms with Crippen LogP contribution in [-0.4, -0.2) is 29.6 Å². The lowest BCUT2D eigenvalue weighted by Gasteiger charge is -2.44. The van der Waals surface area contributed by atoms with Gasteiger partial charge in [-0.25, -0.2) is 0 Å². The summed E-state index contributed by atoms with van der Waals surface area (Å²) in [7, 11) is 0. The summed E-state index contributed by atoms with van der Waals surface area (Å²) >= 11 is 0. The number of rotatable bonds is 2. The highest BCUT2D eigenvalue weighted by Crippen LogP contribution is 2.40. The van der Waals surface area contributed by atoms with E-state index in [4.69, 9.17) is 5.73 Å². The Morgan fingerprint density at radius 2 is 2.00 bits per heavy atom. The van der Waals surface area contributed by atoms with Crippen LogP contribution in [0.3, 0.4) is 0 Å². The van der Waals surface area contributed by atoms with Crippen molar-refractivity contribution in [1.29, 1.82) is 0 Å². The zero-order valence-electron chi connectivity index (χ0n) is 9.47. The second-order valence-electron chi connectivity index (χ2n) is 5.05. The minimum absolute atomic E-state index is 0.411. The molecule has 14 heavy (non-hydrogen) atoms.